The largest absolute Gasteiger partial charge is 0.444 e. The van der Waals surface area contributed by atoms with E-state index < -0.39 is 31.4 Å². The van der Waals surface area contributed by atoms with Gasteiger partial charge in [-0.1, -0.05) is 6.58 Å². The fraction of sp³-hybridized carbons (Fsp3) is 0.278. The number of amides is 1. The van der Waals surface area contributed by atoms with E-state index in [9.17, 15) is 21.6 Å². The van der Waals surface area contributed by atoms with Crippen LogP contribution in [-0.4, -0.2) is 28.5 Å². The van der Waals surface area contributed by atoms with Crippen molar-refractivity contribution in [3.8, 4) is 0 Å². The van der Waals surface area contributed by atoms with Crippen LogP contribution in [0.2, 0.25) is 0 Å². The zero-order chi connectivity index (χ0) is 21.2. The van der Waals surface area contributed by atoms with E-state index in [1.807, 2.05) is 0 Å². The normalized spacial score (nSPS) is 12.4. The molecular weight excluding hydrogens is 422 g/mol. The van der Waals surface area contributed by atoms with Crippen LogP contribution < -0.4 is 5.32 Å². The number of hydrogen-bond donors (Lipinski definition) is 1. The van der Waals surface area contributed by atoms with E-state index in [0.29, 0.717) is 4.88 Å². The van der Waals surface area contributed by atoms with E-state index in [1.54, 1.807) is 26.8 Å². The van der Waals surface area contributed by atoms with Gasteiger partial charge in [-0.15, -0.1) is 11.3 Å². The van der Waals surface area contributed by atoms with Crippen LogP contribution in [0.1, 0.15) is 25.6 Å². The highest BCUT2D eigenvalue weighted by Gasteiger charge is 2.22. The van der Waals surface area contributed by atoms with Crippen LogP contribution in [0.5, 0.6) is 0 Å². The highest BCUT2D eigenvalue weighted by molar-refractivity contribution is 7.94. The molecule has 1 N–H and O–H groups in total. The quantitative estimate of drug-likeness (QED) is 0.732. The van der Waals surface area contributed by atoms with Crippen LogP contribution in [0.15, 0.2) is 62.4 Å². The Labute approximate surface area is 168 Å². The topological polar surface area (TPSA) is 107 Å². The van der Waals surface area contributed by atoms with E-state index >= 15 is 0 Å². The van der Waals surface area contributed by atoms with Crippen LogP contribution >= 0.6 is 11.3 Å². The molecule has 0 aliphatic carbocycles. The van der Waals surface area contributed by atoms with Crippen molar-refractivity contribution >= 4 is 37.1 Å². The van der Waals surface area contributed by atoms with Gasteiger partial charge in [0.1, 0.15) is 9.81 Å². The van der Waals surface area contributed by atoms with Crippen molar-refractivity contribution < 1.29 is 26.4 Å². The molecule has 0 spiro atoms. The number of alkyl carbamates (subject to hydrolysis) is 1. The second kappa shape index (κ2) is 8.06. The summed E-state index contributed by atoms with van der Waals surface area (Å²) in [5.41, 5.74) is -0.626. The molecule has 0 saturated carbocycles. The Morgan fingerprint density at radius 3 is 2.18 bits per heavy atom. The molecule has 0 radical (unpaired) electrons. The second-order valence-electron chi connectivity index (χ2n) is 6.76. The second-order valence-corrected chi connectivity index (χ2v) is 12.0. The Morgan fingerprint density at radius 2 is 1.64 bits per heavy atom. The predicted octanol–water partition coefficient (Wildman–Crippen LogP) is 3.52. The Balaban J connectivity index is 2.15. The lowest BCUT2D eigenvalue weighted by Gasteiger charge is -2.19. The van der Waals surface area contributed by atoms with Crippen LogP contribution in [0, 0.1) is 0 Å². The minimum absolute atomic E-state index is 0.0241. The van der Waals surface area contributed by atoms with Gasteiger partial charge in [-0.2, -0.15) is 0 Å². The van der Waals surface area contributed by atoms with Crippen molar-refractivity contribution in [3.63, 3.8) is 0 Å². The van der Waals surface area contributed by atoms with Crippen LogP contribution in [0.3, 0.4) is 0 Å². The van der Waals surface area contributed by atoms with Gasteiger partial charge in [0, 0.05) is 10.3 Å². The van der Waals surface area contributed by atoms with Gasteiger partial charge in [-0.3, -0.25) is 0 Å². The number of nitrogens with one attached hydrogen (secondary N) is 1. The molecule has 0 unspecified atom stereocenters. The van der Waals surface area contributed by atoms with Gasteiger partial charge in [-0.25, -0.2) is 21.6 Å². The molecule has 0 atom stereocenters. The summed E-state index contributed by atoms with van der Waals surface area (Å²) < 4.78 is 54.2. The summed E-state index contributed by atoms with van der Waals surface area (Å²) >= 11 is 1.02. The molecule has 1 heterocycles. The number of rotatable bonds is 6. The maximum absolute atomic E-state index is 12.7. The first-order valence-corrected chi connectivity index (χ1v) is 12.0. The molecule has 28 heavy (non-hydrogen) atoms. The van der Waals surface area contributed by atoms with Gasteiger partial charge in [0.2, 0.25) is 9.84 Å². The third-order valence-electron chi connectivity index (χ3n) is 3.39. The number of sulfone groups is 2. The Morgan fingerprint density at radius 1 is 1.07 bits per heavy atom. The summed E-state index contributed by atoms with van der Waals surface area (Å²) in [6.45, 7) is 8.60. The third-order valence-corrected chi connectivity index (χ3v) is 8.10. The first kappa shape index (κ1) is 22.1. The number of thiophene rings is 1. The summed E-state index contributed by atoms with van der Waals surface area (Å²) in [6.07, 6.45) is -0.593. The molecule has 7 nitrogen and oxygen atoms in total. The highest BCUT2D eigenvalue weighted by Crippen LogP contribution is 2.28. The Hall–Kier alpha value is -2.17. The zero-order valence-corrected chi connectivity index (χ0v) is 18.1. The highest BCUT2D eigenvalue weighted by atomic mass is 32.2. The summed E-state index contributed by atoms with van der Waals surface area (Å²) in [6, 6.07) is 7.98. The van der Waals surface area contributed by atoms with E-state index in [-0.39, 0.29) is 20.5 Å². The summed E-state index contributed by atoms with van der Waals surface area (Å²) in [7, 11) is -7.43. The van der Waals surface area contributed by atoms with Crippen molar-refractivity contribution in [2.24, 2.45) is 0 Å². The van der Waals surface area contributed by atoms with E-state index in [0.717, 1.165) is 16.7 Å². The maximum atomic E-state index is 12.7. The fourth-order valence-corrected chi connectivity index (χ4v) is 5.50. The van der Waals surface area contributed by atoms with Gasteiger partial charge >= 0.3 is 6.09 Å². The Kier molecular flexibility index (Phi) is 6.37. The maximum Gasteiger partial charge on any atom is 0.407 e. The molecule has 0 saturated heterocycles. The van der Waals surface area contributed by atoms with Crippen molar-refractivity contribution in [1.82, 2.24) is 5.32 Å². The summed E-state index contributed by atoms with van der Waals surface area (Å²) in [5, 5.41) is 3.37. The molecule has 0 aliphatic heterocycles. The zero-order valence-electron chi connectivity index (χ0n) is 15.6. The third kappa shape index (κ3) is 5.43. The SMILES string of the molecule is C=CS(=O)(=O)c1ccc(S(=O)(=O)c2ccc(CNC(=O)OC(C)(C)C)s2)cc1. The average molecular weight is 444 g/mol. The smallest absolute Gasteiger partial charge is 0.407 e. The number of carbonyl (C=O) groups is 1. The minimum atomic E-state index is -3.80. The number of ether oxygens (including phenoxy) is 1. The van der Waals surface area contributed by atoms with Gasteiger partial charge < -0.3 is 10.1 Å². The lowest BCUT2D eigenvalue weighted by molar-refractivity contribution is 0.0524. The van der Waals surface area contributed by atoms with Gasteiger partial charge in [-0.05, 0) is 57.2 Å². The van der Waals surface area contributed by atoms with Crippen LogP contribution in [-0.2, 0) is 31.0 Å². The summed E-state index contributed by atoms with van der Waals surface area (Å²) in [5.74, 6) is 0. The van der Waals surface area contributed by atoms with Crippen LogP contribution in [0.25, 0.3) is 0 Å². The van der Waals surface area contributed by atoms with Crippen molar-refractivity contribution in [3.05, 3.63) is 53.3 Å². The molecule has 0 fully saturated rings. The molecule has 1 amide bonds. The predicted molar refractivity (Wildman–Crippen MR) is 107 cm³/mol. The molecule has 1 aromatic carbocycles. The molecule has 1 aromatic heterocycles. The summed E-state index contributed by atoms with van der Waals surface area (Å²) in [4.78, 5) is 12.3. The molecule has 0 aliphatic rings. The van der Waals surface area contributed by atoms with Crippen molar-refractivity contribution in [2.45, 2.75) is 46.9 Å². The number of benzene rings is 1. The lowest BCUT2D eigenvalue weighted by atomic mass is 10.2. The van der Waals surface area contributed by atoms with Crippen molar-refractivity contribution in [2.75, 3.05) is 0 Å². The minimum Gasteiger partial charge on any atom is -0.444 e. The monoisotopic (exact) mass is 443 g/mol. The molecule has 0 bridgehead atoms. The van der Waals surface area contributed by atoms with Crippen LogP contribution in [0.4, 0.5) is 4.79 Å². The fourth-order valence-electron chi connectivity index (χ4n) is 2.09. The number of hydrogen-bond acceptors (Lipinski definition) is 7. The first-order valence-electron chi connectivity index (χ1n) is 8.13. The van der Waals surface area contributed by atoms with E-state index in [4.69, 9.17) is 4.74 Å². The van der Waals surface area contributed by atoms with Gasteiger partial charge in [0.05, 0.1) is 16.3 Å². The molecular formula is C18H21NO6S3. The van der Waals surface area contributed by atoms with Gasteiger partial charge in [0.15, 0.2) is 9.84 Å². The average Bonchev–Trinajstić information content (AvgIpc) is 3.08. The van der Waals surface area contributed by atoms with Gasteiger partial charge in [0.25, 0.3) is 0 Å². The lowest BCUT2D eigenvalue weighted by Crippen LogP contribution is -2.31. The number of carbonyl (C=O) groups excluding carboxylic acids is 1. The Bertz CT molecular complexity index is 1080. The van der Waals surface area contributed by atoms with E-state index in [1.165, 1.54) is 30.3 Å². The standard InChI is InChI=1S/C18H21NO6S3/c1-5-27(21,22)14-7-9-15(10-8-14)28(23,24)16-11-6-13(26-16)12-19-17(20)25-18(2,3)4/h5-11H,1,12H2,2-4H3,(H,19,20). The molecule has 10 heteroatoms. The molecule has 2 aromatic rings. The molecule has 152 valence electrons. The van der Waals surface area contributed by atoms with E-state index in [2.05, 4.69) is 11.9 Å². The van der Waals surface area contributed by atoms with Crippen molar-refractivity contribution in [1.29, 1.82) is 0 Å². The first-order chi connectivity index (χ1) is 12.8. The molecule has 2 rings (SSSR count).